The van der Waals surface area contributed by atoms with E-state index in [4.69, 9.17) is 11.6 Å². The number of rotatable bonds is 3. The van der Waals surface area contributed by atoms with E-state index in [1.165, 1.54) is 0 Å². The average Bonchev–Trinajstić information content (AvgIpc) is 2.37. The summed E-state index contributed by atoms with van der Waals surface area (Å²) in [6, 6.07) is 15.1. The van der Waals surface area contributed by atoms with Crippen LogP contribution in [0, 0.1) is 18.3 Å². The third-order valence-corrected chi connectivity index (χ3v) is 3.65. The summed E-state index contributed by atoms with van der Waals surface area (Å²) in [7, 11) is 0. The largest absolute Gasteiger partial charge is 0.366 e. The number of anilines is 1. The highest BCUT2D eigenvalue weighted by atomic mass is 79.9. The molecule has 4 heteroatoms. The van der Waals surface area contributed by atoms with Crippen LogP contribution in [0.25, 0.3) is 0 Å². The fourth-order valence-electron chi connectivity index (χ4n) is 1.79. The third-order valence-electron chi connectivity index (χ3n) is 2.73. The Morgan fingerprint density at radius 3 is 2.68 bits per heavy atom. The van der Waals surface area contributed by atoms with Crippen LogP contribution >= 0.6 is 27.5 Å². The molecule has 1 unspecified atom stereocenters. The van der Waals surface area contributed by atoms with Gasteiger partial charge in [-0.25, -0.2) is 0 Å². The van der Waals surface area contributed by atoms with Gasteiger partial charge in [0.15, 0.2) is 0 Å². The highest BCUT2D eigenvalue weighted by Crippen LogP contribution is 2.27. The van der Waals surface area contributed by atoms with Crippen LogP contribution in [0.5, 0.6) is 0 Å². The van der Waals surface area contributed by atoms with Crippen LogP contribution in [0.3, 0.4) is 0 Å². The van der Waals surface area contributed by atoms with Crippen LogP contribution in [0.15, 0.2) is 46.9 Å². The van der Waals surface area contributed by atoms with Crippen LogP contribution < -0.4 is 5.32 Å². The number of aryl methyl sites for hydroxylation is 1. The lowest BCUT2D eigenvalue weighted by Crippen LogP contribution is -2.09. The number of nitrogens with one attached hydrogen (secondary N) is 1. The summed E-state index contributed by atoms with van der Waals surface area (Å²) in [6.07, 6.45) is 0. The third kappa shape index (κ3) is 3.50. The number of hydrogen-bond acceptors (Lipinski definition) is 2. The van der Waals surface area contributed by atoms with Crippen LogP contribution in [0.4, 0.5) is 5.69 Å². The van der Waals surface area contributed by atoms with E-state index in [0.717, 1.165) is 21.3 Å². The number of nitriles is 1. The van der Waals surface area contributed by atoms with Crippen LogP contribution in [0.2, 0.25) is 5.02 Å². The van der Waals surface area contributed by atoms with Crippen molar-refractivity contribution < 1.29 is 0 Å². The first-order valence-corrected chi connectivity index (χ1v) is 6.95. The van der Waals surface area contributed by atoms with E-state index in [2.05, 4.69) is 27.3 Å². The predicted molar refractivity (Wildman–Crippen MR) is 82.3 cm³/mol. The second kappa shape index (κ2) is 6.10. The molecule has 0 aromatic heterocycles. The van der Waals surface area contributed by atoms with E-state index < -0.39 is 6.04 Å². The molecule has 1 N–H and O–H groups in total. The van der Waals surface area contributed by atoms with Gasteiger partial charge in [-0.15, -0.1) is 0 Å². The Morgan fingerprint density at radius 1 is 1.26 bits per heavy atom. The molecule has 0 aliphatic heterocycles. The zero-order valence-corrected chi connectivity index (χ0v) is 12.7. The second-order valence-corrected chi connectivity index (χ2v) is 5.53. The van der Waals surface area contributed by atoms with Crippen molar-refractivity contribution in [2.24, 2.45) is 0 Å². The number of halogens is 2. The minimum atomic E-state index is -0.423. The van der Waals surface area contributed by atoms with Gasteiger partial charge in [-0.1, -0.05) is 45.7 Å². The average molecular weight is 336 g/mol. The Hall–Kier alpha value is -1.50. The van der Waals surface area contributed by atoms with Gasteiger partial charge in [0.05, 0.1) is 6.07 Å². The molecule has 19 heavy (non-hydrogen) atoms. The van der Waals surface area contributed by atoms with Crippen molar-refractivity contribution in [1.82, 2.24) is 0 Å². The Bertz CT molecular complexity index is 634. The number of benzene rings is 2. The molecule has 2 aromatic carbocycles. The summed E-state index contributed by atoms with van der Waals surface area (Å²) in [6.45, 7) is 2.01. The van der Waals surface area contributed by atoms with E-state index >= 15 is 0 Å². The van der Waals surface area contributed by atoms with Crippen molar-refractivity contribution in [1.29, 1.82) is 5.26 Å². The molecule has 0 amide bonds. The standard InChI is InChI=1S/C15H12BrClN2/c1-10-5-6-13(14(16)7-10)15(9-18)19-12-4-2-3-11(17)8-12/h2-8,15,19H,1H3. The van der Waals surface area contributed by atoms with Gasteiger partial charge in [0, 0.05) is 20.7 Å². The molecule has 1 atom stereocenters. The Balaban J connectivity index is 2.28. The van der Waals surface area contributed by atoms with Crippen LogP contribution in [0.1, 0.15) is 17.2 Å². The lowest BCUT2D eigenvalue weighted by molar-refractivity contribution is 0.988. The summed E-state index contributed by atoms with van der Waals surface area (Å²) >= 11 is 9.44. The van der Waals surface area contributed by atoms with Gasteiger partial charge in [-0.05, 0) is 36.8 Å². The van der Waals surface area contributed by atoms with Crippen molar-refractivity contribution in [3.8, 4) is 6.07 Å². The summed E-state index contributed by atoms with van der Waals surface area (Å²) in [4.78, 5) is 0. The molecule has 96 valence electrons. The minimum absolute atomic E-state index is 0.423. The van der Waals surface area contributed by atoms with Gasteiger partial charge in [0.1, 0.15) is 6.04 Å². The highest BCUT2D eigenvalue weighted by molar-refractivity contribution is 9.10. The minimum Gasteiger partial charge on any atom is -0.366 e. The lowest BCUT2D eigenvalue weighted by Gasteiger charge is -2.15. The van der Waals surface area contributed by atoms with Gasteiger partial charge < -0.3 is 5.32 Å². The first-order chi connectivity index (χ1) is 9.10. The van der Waals surface area contributed by atoms with Crippen molar-refractivity contribution in [2.45, 2.75) is 13.0 Å². The van der Waals surface area contributed by atoms with Gasteiger partial charge >= 0.3 is 0 Å². The van der Waals surface area contributed by atoms with Crippen molar-refractivity contribution in [3.05, 3.63) is 63.1 Å². The first kappa shape index (κ1) is 13.9. The second-order valence-electron chi connectivity index (χ2n) is 4.24. The molecule has 0 aliphatic carbocycles. The Morgan fingerprint density at radius 2 is 2.05 bits per heavy atom. The van der Waals surface area contributed by atoms with Crippen LogP contribution in [-0.2, 0) is 0 Å². The SMILES string of the molecule is Cc1ccc(C(C#N)Nc2cccc(Cl)c2)c(Br)c1. The molecule has 0 fully saturated rings. The molecular formula is C15H12BrClN2. The van der Waals surface area contributed by atoms with Crippen LogP contribution in [-0.4, -0.2) is 0 Å². The molecule has 0 spiro atoms. The first-order valence-electron chi connectivity index (χ1n) is 5.78. The zero-order chi connectivity index (χ0) is 13.8. The van der Waals surface area contributed by atoms with Gasteiger partial charge in [0.25, 0.3) is 0 Å². The van der Waals surface area contributed by atoms with E-state index in [9.17, 15) is 5.26 Å². The molecule has 2 rings (SSSR count). The van der Waals surface area contributed by atoms with Crippen molar-refractivity contribution in [2.75, 3.05) is 5.32 Å². The maximum Gasteiger partial charge on any atom is 0.141 e. The summed E-state index contributed by atoms with van der Waals surface area (Å²) in [5.74, 6) is 0. The van der Waals surface area contributed by atoms with E-state index in [1.54, 1.807) is 12.1 Å². The van der Waals surface area contributed by atoms with E-state index in [1.807, 2.05) is 37.3 Å². The molecule has 0 saturated carbocycles. The summed E-state index contributed by atoms with van der Waals surface area (Å²) in [5, 5.41) is 13.2. The fraction of sp³-hybridized carbons (Fsp3) is 0.133. The lowest BCUT2D eigenvalue weighted by atomic mass is 10.1. The van der Waals surface area contributed by atoms with Gasteiger partial charge in [0.2, 0.25) is 0 Å². The van der Waals surface area contributed by atoms with Crippen molar-refractivity contribution in [3.63, 3.8) is 0 Å². The Labute approximate surface area is 126 Å². The quantitative estimate of drug-likeness (QED) is 0.848. The molecule has 0 bridgehead atoms. The number of hydrogen-bond donors (Lipinski definition) is 1. The molecule has 0 heterocycles. The highest BCUT2D eigenvalue weighted by Gasteiger charge is 2.13. The maximum atomic E-state index is 9.34. The predicted octanol–water partition coefficient (Wildman–Crippen LogP) is 5.09. The summed E-state index contributed by atoms with van der Waals surface area (Å²) < 4.78 is 0.925. The molecule has 2 nitrogen and oxygen atoms in total. The molecule has 0 saturated heterocycles. The van der Waals surface area contributed by atoms with E-state index in [0.29, 0.717) is 5.02 Å². The smallest absolute Gasteiger partial charge is 0.141 e. The maximum absolute atomic E-state index is 9.34. The normalized spacial score (nSPS) is 11.7. The van der Waals surface area contributed by atoms with Gasteiger partial charge in [-0.2, -0.15) is 5.26 Å². The topological polar surface area (TPSA) is 35.8 Å². The molecule has 0 radical (unpaired) electrons. The van der Waals surface area contributed by atoms with Gasteiger partial charge in [-0.3, -0.25) is 0 Å². The monoisotopic (exact) mass is 334 g/mol. The molecule has 2 aromatic rings. The molecule has 0 aliphatic rings. The fourth-order valence-corrected chi connectivity index (χ4v) is 2.70. The molecular weight excluding hydrogens is 324 g/mol. The zero-order valence-electron chi connectivity index (χ0n) is 10.3. The summed E-state index contributed by atoms with van der Waals surface area (Å²) in [5.41, 5.74) is 2.88. The van der Waals surface area contributed by atoms with Crippen molar-refractivity contribution >= 4 is 33.2 Å². The number of nitrogens with zero attached hydrogens (tertiary/aromatic N) is 1. The Kier molecular flexibility index (Phi) is 4.47. The van der Waals surface area contributed by atoms with E-state index in [-0.39, 0.29) is 0 Å².